The largest absolute Gasteiger partial charge is 0.339 e. The van der Waals surface area contributed by atoms with E-state index in [9.17, 15) is 0 Å². The topological polar surface area (TPSA) is 71.4 Å². The van der Waals surface area contributed by atoms with Crippen LogP contribution in [0.4, 0.5) is 0 Å². The molecule has 0 spiro atoms. The van der Waals surface area contributed by atoms with E-state index in [2.05, 4.69) is 34.0 Å². The lowest BCUT2D eigenvalue weighted by Gasteiger charge is -2.35. The summed E-state index contributed by atoms with van der Waals surface area (Å²) >= 11 is 0. The predicted molar refractivity (Wildman–Crippen MR) is 73.8 cm³/mol. The Kier molecular flexibility index (Phi) is 4.23. The molecule has 0 aliphatic carbocycles. The Morgan fingerprint density at radius 3 is 2.79 bits per heavy atom. The van der Waals surface area contributed by atoms with Crippen molar-refractivity contribution in [2.75, 3.05) is 33.7 Å². The summed E-state index contributed by atoms with van der Waals surface area (Å²) in [7, 11) is 4.23. The van der Waals surface area contributed by atoms with E-state index in [1.54, 1.807) is 0 Å². The van der Waals surface area contributed by atoms with E-state index in [0.29, 0.717) is 5.89 Å². The van der Waals surface area contributed by atoms with Crippen molar-refractivity contribution in [2.45, 2.75) is 38.3 Å². The molecule has 0 radical (unpaired) electrons. The molecule has 6 heteroatoms. The number of aryl methyl sites for hydroxylation is 1. The van der Waals surface area contributed by atoms with E-state index >= 15 is 0 Å². The number of hydrogen-bond acceptors (Lipinski definition) is 6. The lowest BCUT2D eigenvalue weighted by atomic mass is 10.0. The first-order valence-corrected chi connectivity index (χ1v) is 6.85. The van der Waals surface area contributed by atoms with Gasteiger partial charge in [-0.1, -0.05) is 5.16 Å². The van der Waals surface area contributed by atoms with E-state index in [-0.39, 0.29) is 11.6 Å². The van der Waals surface area contributed by atoms with Gasteiger partial charge in [-0.3, -0.25) is 4.90 Å². The van der Waals surface area contributed by atoms with Gasteiger partial charge in [0.05, 0.1) is 6.04 Å². The third-order valence-corrected chi connectivity index (χ3v) is 3.62. The summed E-state index contributed by atoms with van der Waals surface area (Å²) in [4.78, 5) is 9.09. The number of piperazine rings is 1. The van der Waals surface area contributed by atoms with Crippen LogP contribution in [0.25, 0.3) is 0 Å². The molecule has 2 heterocycles. The lowest BCUT2D eigenvalue weighted by molar-refractivity contribution is 0.108. The Hall–Kier alpha value is -0.980. The van der Waals surface area contributed by atoms with Gasteiger partial charge in [-0.05, 0) is 34.4 Å². The molecule has 1 saturated heterocycles. The van der Waals surface area contributed by atoms with Crippen molar-refractivity contribution in [3.8, 4) is 0 Å². The normalized spacial score (nSPS) is 22.9. The highest BCUT2D eigenvalue weighted by Gasteiger charge is 2.28. The van der Waals surface area contributed by atoms with Crippen LogP contribution in [0.5, 0.6) is 0 Å². The van der Waals surface area contributed by atoms with Gasteiger partial charge >= 0.3 is 0 Å². The molecule has 6 nitrogen and oxygen atoms in total. The second kappa shape index (κ2) is 5.56. The van der Waals surface area contributed by atoms with Gasteiger partial charge in [0.25, 0.3) is 0 Å². The first kappa shape index (κ1) is 14.4. The second-order valence-electron chi connectivity index (χ2n) is 6.29. The molecule has 108 valence electrons. The van der Waals surface area contributed by atoms with Crippen molar-refractivity contribution in [1.29, 1.82) is 0 Å². The van der Waals surface area contributed by atoms with Gasteiger partial charge in [0.2, 0.25) is 5.89 Å². The molecule has 1 aromatic rings. The van der Waals surface area contributed by atoms with E-state index < -0.39 is 0 Å². The van der Waals surface area contributed by atoms with Crippen LogP contribution in [0.2, 0.25) is 0 Å². The lowest BCUT2D eigenvalue weighted by Crippen LogP contribution is -2.45. The fourth-order valence-electron chi connectivity index (χ4n) is 2.22. The van der Waals surface area contributed by atoms with Crippen LogP contribution < -0.4 is 5.73 Å². The molecular weight excluding hydrogens is 242 g/mol. The van der Waals surface area contributed by atoms with Crippen LogP contribution in [-0.2, 0) is 6.42 Å². The summed E-state index contributed by atoms with van der Waals surface area (Å²) in [6.45, 7) is 7.07. The fraction of sp³-hybridized carbons (Fsp3) is 0.846. The Balaban J connectivity index is 1.99. The zero-order chi connectivity index (χ0) is 14.0. The smallest absolute Gasteiger partial charge is 0.226 e. The van der Waals surface area contributed by atoms with Crippen molar-refractivity contribution in [3.63, 3.8) is 0 Å². The van der Waals surface area contributed by atoms with E-state index in [1.807, 2.05) is 13.8 Å². The highest BCUT2D eigenvalue weighted by Crippen LogP contribution is 2.21. The summed E-state index contributed by atoms with van der Waals surface area (Å²) in [5.74, 6) is 1.48. The molecule has 1 unspecified atom stereocenters. The molecular formula is C13H25N5O. The number of likely N-dealkylation sites (N-methyl/N-ethyl adjacent to an activating group) is 2. The SMILES string of the molecule is CN1CCN(C)C(c2noc(CCC(C)(C)N)n2)C1. The number of rotatable bonds is 4. The minimum atomic E-state index is -0.198. The first-order chi connectivity index (χ1) is 8.85. The van der Waals surface area contributed by atoms with Gasteiger partial charge in [0.1, 0.15) is 0 Å². The maximum Gasteiger partial charge on any atom is 0.226 e. The van der Waals surface area contributed by atoms with Gasteiger partial charge in [0.15, 0.2) is 5.82 Å². The maximum absolute atomic E-state index is 5.97. The molecule has 2 N–H and O–H groups in total. The standard InChI is InChI=1S/C13H25N5O/c1-13(2,14)6-5-11-15-12(16-19-11)10-9-17(3)7-8-18(10)4/h10H,5-9,14H2,1-4H3. The van der Waals surface area contributed by atoms with E-state index in [1.165, 1.54) is 0 Å². The molecule has 1 fully saturated rings. The van der Waals surface area contributed by atoms with Crippen molar-refractivity contribution in [3.05, 3.63) is 11.7 Å². The third-order valence-electron chi connectivity index (χ3n) is 3.62. The van der Waals surface area contributed by atoms with Crippen LogP contribution >= 0.6 is 0 Å². The van der Waals surface area contributed by atoms with Crippen LogP contribution in [0.1, 0.15) is 38.0 Å². The summed E-state index contributed by atoms with van der Waals surface area (Å²) in [6, 6.07) is 0.224. The minimum Gasteiger partial charge on any atom is -0.339 e. The van der Waals surface area contributed by atoms with Crippen molar-refractivity contribution in [1.82, 2.24) is 19.9 Å². The van der Waals surface area contributed by atoms with Gasteiger partial charge in [-0.25, -0.2) is 0 Å². The first-order valence-electron chi connectivity index (χ1n) is 6.85. The fourth-order valence-corrected chi connectivity index (χ4v) is 2.22. The van der Waals surface area contributed by atoms with Gasteiger partial charge in [-0.2, -0.15) is 4.98 Å². The van der Waals surface area contributed by atoms with E-state index in [4.69, 9.17) is 10.3 Å². The predicted octanol–water partition coefficient (Wildman–Crippen LogP) is 0.658. The molecule has 1 atom stereocenters. The quantitative estimate of drug-likeness (QED) is 0.864. The molecule has 0 amide bonds. The van der Waals surface area contributed by atoms with Crippen molar-refractivity contribution in [2.24, 2.45) is 5.73 Å². The summed E-state index contributed by atoms with van der Waals surface area (Å²) in [6.07, 6.45) is 1.58. The Morgan fingerprint density at radius 1 is 1.37 bits per heavy atom. The zero-order valence-corrected chi connectivity index (χ0v) is 12.4. The number of aromatic nitrogens is 2. The van der Waals surface area contributed by atoms with Crippen molar-refractivity contribution < 1.29 is 4.52 Å². The molecule has 0 bridgehead atoms. The number of nitrogens with zero attached hydrogens (tertiary/aromatic N) is 4. The van der Waals surface area contributed by atoms with Gasteiger partial charge in [-0.15, -0.1) is 0 Å². The highest BCUT2D eigenvalue weighted by atomic mass is 16.5. The summed E-state index contributed by atoms with van der Waals surface area (Å²) < 4.78 is 5.33. The highest BCUT2D eigenvalue weighted by molar-refractivity contribution is 4.98. The third kappa shape index (κ3) is 3.99. The number of hydrogen-bond donors (Lipinski definition) is 1. The average molecular weight is 267 g/mol. The van der Waals surface area contributed by atoms with Gasteiger partial charge in [0, 0.05) is 31.6 Å². The monoisotopic (exact) mass is 267 g/mol. The molecule has 0 aromatic carbocycles. The Bertz CT molecular complexity index is 411. The maximum atomic E-state index is 5.97. The minimum absolute atomic E-state index is 0.198. The van der Waals surface area contributed by atoms with Crippen LogP contribution in [0.3, 0.4) is 0 Å². The average Bonchev–Trinajstić information content (AvgIpc) is 2.77. The summed E-state index contributed by atoms with van der Waals surface area (Å²) in [5.41, 5.74) is 5.77. The van der Waals surface area contributed by atoms with E-state index in [0.717, 1.165) is 38.3 Å². The van der Waals surface area contributed by atoms with Crippen LogP contribution in [0.15, 0.2) is 4.52 Å². The second-order valence-corrected chi connectivity index (χ2v) is 6.29. The summed E-state index contributed by atoms with van der Waals surface area (Å²) in [5, 5.41) is 4.13. The van der Waals surface area contributed by atoms with Crippen molar-refractivity contribution >= 4 is 0 Å². The molecule has 1 aliphatic heterocycles. The Labute approximate surface area is 114 Å². The molecule has 19 heavy (non-hydrogen) atoms. The number of nitrogens with two attached hydrogens (primary N) is 1. The molecule has 1 aromatic heterocycles. The molecule has 1 aliphatic rings. The Morgan fingerprint density at radius 2 is 2.11 bits per heavy atom. The van der Waals surface area contributed by atoms with Gasteiger partial charge < -0.3 is 15.2 Å². The molecule has 0 saturated carbocycles. The van der Waals surface area contributed by atoms with Crippen LogP contribution in [-0.4, -0.2) is 59.2 Å². The zero-order valence-electron chi connectivity index (χ0n) is 12.4. The molecule has 2 rings (SSSR count). The van der Waals surface area contributed by atoms with Crippen LogP contribution in [0, 0.1) is 0 Å².